The molecule has 0 radical (unpaired) electrons. The number of nitrogens with one attached hydrogen (secondary N) is 1. The van der Waals surface area contributed by atoms with E-state index >= 15 is 0 Å². The second-order valence-electron chi connectivity index (χ2n) is 6.40. The minimum absolute atomic E-state index is 0.302. The van der Waals surface area contributed by atoms with E-state index < -0.39 is 15.6 Å². The predicted molar refractivity (Wildman–Crippen MR) is 97.5 cm³/mol. The average molecular weight is 350 g/mol. The van der Waals surface area contributed by atoms with Gasteiger partial charge in [0, 0.05) is 16.2 Å². The lowest BCUT2D eigenvalue weighted by Gasteiger charge is -2.25. The number of rotatable bonds is 6. The molecule has 0 heterocycles. The van der Waals surface area contributed by atoms with E-state index in [1.807, 2.05) is 39.8 Å². The lowest BCUT2D eigenvalue weighted by atomic mass is 10.1. The third-order valence-electron chi connectivity index (χ3n) is 3.36. The van der Waals surface area contributed by atoms with Gasteiger partial charge in [0.25, 0.3) is 0 Å². The molecule has 124 valence electrons. The molecule has 23 heavy (non-hydrogen) atoms. The topological polar surface area (TPSA) is 46.2 Å². The summed E-state index contributed by atoms with van der Waals surface area (Å²) in [7, 11) is -3.51. The van der Waals surface area contributed by atoms with Crippen LogP contribution in [-0.4, -0.2) is 19.7 Å². The quantitative estimate of drug-likeness (QED) is 0.797. The maximum atomic E-state index is 12.5. The second-order valence-corrected chi connectivity index (χ2v) is 9.14. The fourth-order valence-corrected chi connectivity index (χ4v) is 4.50. The van der Waals surface area contributed by atoms with Gasteiger partial charge < -0.3 is 0 Å². The Kier molecular flexibility index (Phi) is 5.55. The van der Waals surface area contributed by atoms with Crippen LogP contribution in [0.4, 0.5) is 0 Å². The maximum Gasteiger partial charge on any atom is 0.241 e. The predicted octanol–water partition coefficient (Wildman–Crippen LogP) is 4.15. The van der Waals surface area contributed by atoms with Crippen molar-refractivity contribution < 1.29 is 8.42 Å². The highest BCUT2D eigenvalue weighted by Crippen LogP contribution is 2.24. The Balaban J connectivity index is 2.04. The summed E-state index contributed by atoms with van der Waals surface area (Å²) in [6.07, 6.45) is 0. The molecule has 0 fully saturated rings. The first-order valence-electron chi connectivity index (χ1n) is 7.48. The van der Waals surface area contributed by atoms with Gasteiger partial charge in [0.05, 0.1) is 4.90 Å². The molecule has 2 rings (SSSR count). The third-order valence-corrected chi connectivity index (χ3v) is 6.55. The average Bonchev–Trinajstić information content (AvgIpc) is 2.46. The summed E-state index contributed by atoms with van der Waals surface area (Å²) in [5.74, 6) is 0.654. The van der Waals surface area contributed by atoms with Gasteiger partial charge in [-0.1, -0.05) is 35.4 Å². The van der Waals surface area contributed by atoms with Gasteiger partial charge in [0.15, 0.2) is 0 Å². The maximum absolute atomic E-state index is 12.5. The molecular weight excluding hydrogens is 326 g/mol. The molecule has 0 aromatic heterocycles. The van der Waals surface area contributed by atoms with Crippen LogP contribution < -0.4 is 4.72 Å². The molecule has 0 aliphatic carbocycles. The third kappa shape index (κ3) is 5.37. The SMILES string of the molecule is Cc1ccc(SCC(C)(C)NS(=O)(=O)c2ccc(C)cc2)cc1. The van der Waals surface area contributed by atoms with E-state index in [1.165, 1.54) is 5.56 Å². The van der Waals surface area contributed by atoms with E-state index in [9.17, 15) is 8.42 Å². The summed E-state index contributed by atoms with van der Waals surface area (Å²) in [6, 6.07) is 15.1. The Bertz CT molecular complexity index is 749. The Morgan fingerprint density at radius 3 is 1.91 bits per heavy atom. The van der Waals surface area contributed by atoms with E-state index in [4.69, 9.17) is 0 Å². The van der Waals surface area contributed by atoms with Gasteiger partial charge in [-0.25, -0.2) is 13.1 Å². The standard InChI is InChI=1S/C18H23NO2S2/c1-14-5-9-16(10-6-14)22-13-18(3,4)19-23(20,21)17-11-7-15(2)8-12-17/h5-12,19H,13H2,1-4H3. The molecule has 0 saturated carbocycles. The molecule has 2 aromatic carbocycles. The first-order chi connectivity index (χ1) is 10.7. The summed E-state index contributed by atoms with van der Waals surface area (Å²) in [5.41, 5.74) is 1.71. The Morgan fingerprint density at radius 2 is 1.39 bits per heavy atom. The minimum atomic E-state index is -3.51. The van der Waals surface area contributed by atoms with Crippen LogP contribution >= 0.6 is 11.8 Å². The molecule has 1 N–H and O–H groups in total. The van der Waals surface area contributed by atoms with E-state index in [1.54, 1.807) is 23.9 Å². The lowest BCUT2D eigenvalue weighted by Crippen LogP contribution is -2.45. The monoisotopic (exact) mass is 349 g/mol. The lowest BCUT2D eigenvalue weighted by molar-refractivity contribution is 0.498. The van der Waals surface area contributed by atoms with E-state index in [0.29, 0.717) is 10.6 Å². The summed E-state index contributed by atoms with van der Waals surface area (Å²) < 4.78 is 27.8. The van der Waals surface area contributed by atoms with Crippen molar-refractivity contribution in [3.05, 3.63) is 59.7 Å². The van der Waals surface area contributed by atoms with Gasteiger partial charge in [-0.15, -0.1) is 11.8 Å². The van der Waals surface area contributed by atoms with Gasteiger partial charge in [-0.3, -0.25) is 0 Å². The molecule has 2 aromatic rings. The van der Waals surface area contributed by atoms with Crippen LogP contribution in [0.15, 0.2) is 58.3 Å². The minimum Gasteiger partial charge on any atom is -0.207 e. The molecule has 0 atom stereocenters. The van der Waals surface area contributed by atoms with Gasteiger partial charge in [0.1, 0.15) is 0 Å². The molecule has 0 spiro atoms. The van der Waals surface area contributed by atoms with Crippen molar-refractivity contribution in [1.82, 2.24) is 4.72 Å². The zero-order chi connectivity index (χ0) is 17.1. The van der Waals surface area contributed by atoms with Crippen LogP contribution in [0.25, 0.3) is 0 Å². The molecule has 0 aliphatic heterocycles. The molecule has 0 bridgehead atoms. The Labute approximate surface area is 143 Å². The van der Waals surface area contributed by atoms with E-state index in [0.717, 1.165) is 10.5 Å². The highest BCUT2D eigenvalue weighted by molar-refractivity contribution is 7.99. The highest BCUT2D eigenvalue weighted by atomic mass is 32.2. The van der Waals surface area contributed by atoms with E-state index in [2.05, 4.69) is 29.0 Å². The zero-order valence-electron chi connectivity index (χ0n) is 14.0. The van der Waals surface area contributed by atoms with E-state index in [-0.39, 0.29) is 0 Å². The molecule has 0 amide bonds. The molecule has 0 unspecified atom stereocenters. The van der Waals surface area contributed by atoms with Crippen LogP contribution in [0.3, 0.4) is 0 Å². The van der Waals surface area contributed by atoms with Crippen molar-refractivity contribution in [1.29, 1.82) is 0 Å². The molecule has 0 saturated heterocycles. The summed E-state index contributed by atoms with van der Waals surface area (Å²) >= 11 is 1.65. The van der Waals surface area contributed by atoms with Crippen molar-refractivity contribution in [2.45, 2.75) is 43.0 Å². The van der Waals surface area contributed by atoms with Crippen molar-refractivity contribution in [2.24, 2.45) is 0 Å². The van der Waals surface area contributed by atoms with Crippen molar-refractivity contribution in [3.8, 4) is 0 Å². The summed E-state index contributed by atoms with van der Waals surface area (Å²) in [6.45, 7) is 7.79. The fraction of sp³-hybridized carbons (Fsp3) is 0.333. The number of sulfonamides is 1. The zero-order valence-corrected chi connectivity index (χ0v) is 15.6. The summed E-state index contributed by atoms with van der Waals surface area (Å²) in [5, 5.41) is 0. The van der Waals surface area contributed by atoms with Gasteiger partial charge in [-0.2, -0.15) is 0 Å². The van der Waals surface area contributed by atoms with Crippen LogP contribution in [0.2, 0.25) is 0 Å². The summed E-state index contributed by atoms with van der Waals surface area (Å²) in [4.78, 5) is 1.44. The van der Waals surface area contributed by atoms with Crippen molar-refractivity contribution >= 4 is 21.8 Å². The highest BCUT2D eigenvalue weighted by Gasteiger charge is 2.26. The number of hydrogen-bond acceptors (Lipinski definition) is 3. The van der Waals surface area contributed by atoms with Crippen LogP contribution in [0, 0.1) is 13.8 Å². The van der Waals surface area contributed by atoms with Crippen molar-refractivity contribution in [2.75, 3.05) is 5.75 Å². The fourth-order valence-electron chi connectivity index (χ4n) is 2.07. The smallest absolute Gasteiger partial charge is 0.207 e. The Morgan fingerprint density at radius 1 is 0.913 bits per heavy atom. The number of hydrogen-bond donors (Lipinski definition) is 1. The number of aryl methyl sites for hydroxylation is 2. The number of thioether (sulfide) groups is 1. The Hall–Kier alpha value is -1.30. The molecule has 5 heteroatoms. The van der Waals surface area contributed by atoms with Gasteiger partial charge in [-0.05, 0) is 52.0 Å². The molecule has 3 nitrogen and oxygen atoms in total. The first-order valence-corrected chi connectivity index (χ1v) is 9.95. The van der Waals surface area contributed by atoms with Crippen LogP contribution in [-0.2, 0) is 10.0 Å². The van der Waals surface area contributed by atoms with Gasteiger partial charge in [0.2, 0.25) is 10.0 Å². The first kappa shape index (κ1) is 18.0. The largest absolute Gasteiger partial charge is 0.241 e. The van der Waals surface area contributed by atoms with Crippen LogP contribution in [0.5, 0.6) is 0 Å². The normalized spacial score (nSPS) is 12.3. The number of benzene rings is 2. The van der Waals surface area contributed by atoms with Crippen LogP contribution in [0.1, 0.15) is 25.0 Å². The molecule has 0 aliphatic rings. The van der Waals surface area contributed by atoms with Gasteiger partial charge >= 0.3 is 0 Å². The van der Waals surface area contributed by atoms with Crippen molar-refractivity contribution in [3.63, 3.8) is 0 Å². The molecular formula is C18H23NO2S2. The second kappa shape index (κ2) is 7.07.